The molecule has 0 spiro atoms. The van der Waals surface area contributed by atoms with Crippen molar-refractivity contribution in [2.45, 2.75) is 144 Å². The number of aliphatic imine (C=N–C) groups is 2. The van der Waals surface area contributed by atoms with E-state index in [0.717, 1.165) is 42.1 Å². The quantitative estimate of drug-likeness (QED) is 0.102. The molecule has 0 fully saturated rings. The molecule has 0 heterocycles. The van der Waals surface area contributed by atoms with Crippen molar-refractivity contribution < 1.29 is 0 Å². The van der Waals surface area contributed by atoms with Gasteiger partial charge >= 0.3 is 0 Å². The third-order valence-corrected chi connectivity index (χ3v) is 7.89. The van der Waals surface area contributed by atoms with Crippen molar-refractivity contribution in [1.82, 2.24) is 0 Å². The maximum Gasteiger partial charge on any atom is 0.135 e. The lowest BCUT2D eigenvalue weighted by atomic mass is 10.0. The second-order valence-electron chi connectivity index (χ2n) is 11.6. The number of aryl methyl sites for hydroxylation is 4. The molecule has 0 N–H and O–H groups in total. The summed E-state index contributed by atoms with van der Waals surface area (Å²) in [4.78, 5) is 10.3. The monoisotopic (exact) mass is 540 g/mol. The first-order chi connectivity index (χ1) is 19.4. The van der Waals surface area contributed by atoms with E-state index < -0.39 is 0 Å². The number of rotatable bonds is 18. The fourth-order valence-electron chi connectivity index (χ4n) is 4.83. The second-order valence-corrected chi connectivity index (χ2v) is 11.6. The molecule has 0 unspecified atom stereocenters. The van der Waals surface area contributed by atoms with Gasteiger partial charge in [0.05, 0.1) is 17.1 Å². The van der Waals surface area contributed by atoms with Crippen LogP contribution < -0.4 is 0 Å². The molecule has 0 aliphatic rings. The second kappa shape index (κ2) is 20.3. The molecule has 0 saturated carbocycles. The SMILES string of the molecule is CCCCCCCCCCCCC#CC(=Nc1ccc(C)c(C)c1)C(CCCCCC)=Nc1ccc(C)c(C)c1. The first-order valence-electron chi connectivity index (χ1n) is 16.2. The van der Waals surface area contributed by atoms with Gasteiger partial charge in [-0.2, -0.15) is 0 Å². The van der Waals surface area contributed by atoms with Gasteiger partial charge in [0.15, 0.2) is 0 Å². The smallest absolute Gasteiger partial charge is 0.135 e. The third kappa shape index (κ3) is 13.6. The summed E-state index contributed by atoms with van der Waals surface area (Å²) in [5, 5.41) is 0. The van der Waals surface area contributed by atoms with Crippen molar-refractivity contribution in [1.29, 1.82) is 0 Å². The molecule has 2 aromatic carbocycles. The predicted octanol–water partition coefficient (Wildman–Crippen LogP) is 12.1. The number of unbranched alkanes of at least 4 members (excludes halogenated alkanes) is 13. The molecule has 40 heavy (non-hydrogen) atoms. The van der Waals surface area contributed by atoms with Crippen LogP contribution in [0.2, 0.25) is 0 Å². The van der Waals surface area contributed by atoms with E-state index in [0.29, 0.717) is 0 Å². The van der Waals surface area contributed by atoms with E-state index in [9.17, 15) is 0 Å². The van der Waals surface area contributed by atoms with Crippen LogP contribution in [0.3, 0.4) is 0 Å². The zero-order valence-electron chi connectivity index (χ0n) is 26.7. The molecule has 0 amide bonds. The summed E-state index contributed by atoms with van der Waals surface area (Å²) in [6, 6.07) is 12.9. The topological polar surface area (TPSA) is 24.7 Å². The fraction of sp³-hybridized carbons (Fsp3) is 0.579. The van der Waals surface area contributed by atoms with E-state index >= 15 is 0 Å². The van der Waals surface area contributed by atoms with E-state index in [1.165, 1.54) is 106 Å². The lowest BCUT2D eigenvalue weighted by Gasteiger charge is -2.09. The van der Waals surface area contributed by atoms with Crippen molar-refractivity contribution in [2.24, 2.45) is 9.98 Å². The summed E-state index contributed by atoms with van der Waals surface area (Å²) in [6.45, 7) is 13.2. The van der Waals surface area contributed by atoms with Crippen molar-refractivity contribution in [3.8, 4) is 11.8 Å². The number of hydrogen-bond acceptors (Lipinski definition) is 2. The highest BCUT2D eigenvalue weighted by molar-refractivity contribution is 6.49. The van der Waals surface area contributed by atoms with Crippen LogP contribution in [0.25, 0.3) is 0 Å². The number of nitrogens with zero attached hydrogens (tertiary/aromatic N) is 2. The standard InChI is InChI=1S/C38H56N2/c1-7-9-11-13-14-15-16-17-18-19-20-22-24-38(40-36-28-26-32(4)34(6)30-36)37(23-21-12-10-8-2)39-35-27-25-31(3)33(5)29-35/h25-30H,7-21,23H2,1-6H3. The molecule has 2 nitrogen and oxygen atoms in total. The highest BCUT2D eigenvalue weighted by Gasteiger charge is 2.10. The Labute approximate surface area is 247 Å². The zero-order chi connectivity index (χ0) is 29.0. The molecular weight excluding hydrogens is 484 g/mol. The van der Waals surface area contributed by atoms with Gasteiger partial charge in [0, 0.05) is 6.42 Å². The lowest BCUT2D eigenvalue weighted by molar-refractivity contribution is 0.558. The maximum absolute atomic E-state index is 5.15. The fourth-order valence-corrected chi connectivity index (χ4v) is 4.83. The molecule has 0 saturated heterocycles. The largest absolute Gasteiger partial charge is 0.251 e. The minimum absolute atomic E-state index is 0.838. The molecule has 0 atom stereocenters. The van der Waals surface area contributed by atoms with E-state index in [4.69, 9.17) is 9.98 Å². The van der Waals surface area contributed by atoms with Gasteiger partial charge < -0.3 is 0 Å². The summed E-state index contributed by atoms with van der Waals surface area (Å²) in [7, 11) is 0. The summed E-state index contributed by atoms with van der Waals surface area (Å²) in [6.07, 6.45) is 20.1. The first kappa shape index (κ1) is 33.5. The molecule has 0 bridgehead atoms. The summed E-state index contributed by atoms with van der Waals surface area (Å²) < 4.78 is 0. The molecule has 0 aliphatic carbocycles. The van der Waals surface area contributed by atoms with Crippen LogP contribution in [-0.4, -0.2) is 11.4 Å². The number of hydrogen-bond donors (Lipinski definition) is 0. The molecule has 0 aliphatic heterocycles. The molecule has 2 rings (SSSR count). The Morgan fingerprint density at radius 3 is 1.55 bits per heavy atom. The van der Waals surface area contributed by atoms with Crippen LogP contribution in [-0.2, 0) is 0 Å². The van der Waals surface area contributed by atoms with E-state index in [-0.39, 0.29) is 0 Å². The van der Waals surface area contributed by atoms with Gasteiger partial charge in [0.2, 0.25) is 0 Å². The van der Waals surface area contributed by atoms with Crippen molar-refractivity contribution in [2.75, 3.05) is 0 Å². The van der Waals surface area contributed by atoms with E-state index in [1.54, 1.807) is 0 Å². The van der Waals surface area contributed by atoms with Gasteiger partial charge in [-0.05, 0) is 99.4 Å². The Morgan fingerprint density at radius 1 is 0.550 bits per heavy atom. The van der Waals surface area contributed by atoms with Crippen LogP contribution in [0.15, 0.2) is 46.4 Å². The predicted molar refractivity (Wildman–Crippen MR) is 179 cm³/mol. The molecule has 0 radical (unpaired) electrons. The minimum Gasteiger partial charge on any atom is -0.251 e. The van der Waals surface area contributed by atoms with Crippen molar-refractivity contribution >= 4 is 22.8 Å². The van der Waals surface area contributed by atoms with Gasteiger partial charge in [-0.15, -0.1) is 0 Å². The molecule has 0 aromatic heterocycles. The summed E-state index contributed by atoms with van der Waals surface area (Å²) in [5.74, 6) is 6.97. The molecule has 2 heteroatoms. The van der Waals surface area contributed by atoms with Crippen LogP contribution in [0.4, 0.5) is 11.4 Å². The van der Waals surface area contributed by atoms with Gasteiger partial charge in [0.25, 0.3) is 0 Å². The Balaban J connectivity index is 2.17. The highest BCUT2D eigenvalue weighted by atomic mass is 14.8. The Morgan fingerprint density at radius 2 is 1.02 bits per heavy atom. The maximum atomic E-state index is 5.15. The van der Waals surface area contributed by atoms with Crippen LogP contribution in [0.5, 0.6) is 0 Å². The van der Waals surface area contributed by atoms with Crippen LogP contribution >= 0.6 is 0 Å². The van der Waals surface area contributed by atoms with Crippen molar-refractivity contribution in [3.05, 3.63) is 58.7 Å². The molecule has 2 aromatic rings. The highest BCUT2D eigenvalue weighted by Crippen LogP contribution is 2.22. The Bertz CT molecular complexity index is 1130. The normalized spacial score (nSPS) is 11.9. The van der Waals surface area contributed by atoms with Gasteiger partial charge in [-0.1, -0.05) is 109 Å². The van der Waals surface area contributed by atoms with Crippen molar-refractivity contribution in [3.63, 3.8) is 0 Å². The summed E-state index contributed by atoms with van der Waals surface area (Å²) >= 11 is 0. The zero-order valence-corrected chi connectivity index (χ0v) is 26.7. The number of benzene rings is 2. The van der Waals surface area contributed by atoms with Gasteiger partial charge in [0.1, 0.15) is 5.71 Å². The molecular formula is C38H56N2. The van der Waals surface area contributed by atoms with Crippen LogP contribution in [0, 0.1) is 39.5 Å². The third-order valence-electron chi connectivity index (χ3n) is 7.89. The summed E-state index contributed by atoms with van der Waals surface area (Å²) in [5.41, 5.74) is 8.93. The molecule has 218 valence electrons. The Hall–Kier alpha value is -2.66. The van der Waals surface area contributed by atoms with Gasteiger partial charge in [-0.3, -0.25) is 4.99 Å². The van der Waals surface area contributed by atoms with E-state index in [2.05, 4.69) is 89.8 Å². The van der Waals surface area contributed by atoms with Gasteiger partial charge in [-0.25, -0.2) is 4.99 Å². The average molecular weight is 541 g/mol. The first-order valence-corrected chi connectivity index (χ1v) is 16.2. The van der Waals surface area contributed by atoms with E-state index in [1.807, 2.05) is 0 Å². The van der Waals surface area contributed by atoms with Crippen LogP contribution in [0.1, 0.15) is 139 Å². The Kier molecular flexibility index (Phi) is 17.0. The minimum atomic E-state index is 0.838. The average Bonchev–Trinajstić information content (AvgIpc) is 2.94. The lowest BCUT2D eigenvalue weighted by Crippen LogP contribution is -2.12.